The molecule has 1 heterocycles. The minimum absolute atomic E-state index is 0.339. The highest BCUT2D eigenvalue weighted by Crippen LogP contribution is 2.09. The van der Waals surface area contributed by atoms with Crippen molar-refractivity contribution in [3.05, 3.63) is 29.7 Å². The van der Waals surface area contributed by atoms with Crippen molar-refractivity contribution in [2.24, 2.45) is 0 Å². The number of carbonyl (C=O) groups excluding carboxylic acids is 1. The largest absolute Gasteiger partial charge is 0.461 e. The van der Waals surface area contributed by atoms with Crippen molar-refractivity contribution in [3.63, 3.8) is 0 Å². The van der Waals surface area contributed by atoms with Crippen LogP contribution in [0.4, 0.5) is 0 Å². The third-order valence-electron chi connectivity index (χ3n) is 1.22. The maximum atomic E-state index is 10.3. The fraction of sp³-hybridized carbons (Fsp3) is 0.125. The van der Waals surface area contributed by atoms with Gasteiger partial charge in [0, 0.05) is 11.4 Å². The molecule has 3 heteroatoms. The highest BCUT2D eigenvalue weighted by atomic mass is 35.5. The summed E-state index contributed by atoms with van der Waals surface area (Å²) in [5.74, 6) is 0.773. The molecule has 0 saturated carbocycles. The van der Waals surface area contributed by atoms with Crippen LogP contribution in [0.25, 0.3) is 6.08 Å². The predicted octanol–water partition coefficient (Wildman–Crippen LogP) is 2.34. The third kappa shape index (κ3) is 1.95. The summed E-state index contributed by atoms with van der Waals surface area (Å²) in [4.78, 5) is 10.3. The second kappa shape index (κ2) is 3.98. The normalized spacial score (nSPS) is 10.6. The van der Waals surface area contributed by atoms with E-state index in [1.54, 1.807) is 18.2 Å². The molecule has 0 atom stereocenters. The van der Waals surface area contributed by atoms with Crippen LogP contribution >= 0.6 is 11.6 Å². The van der Waals surface area contributed by atoms with Crippen molar-refractivity contribution in [1.29, 1.82) is 0 Å². The highest BCUT2D eigenvalue weighted by molar-refractivity contribution is 6.19. The van der Waals surface area contributed by atoms with E-state index in [2.05, 4.69) is 0 Å². The van der Waals surface area contributed by atoms with Gasteiger partial charge < -0.3 is 4.42 Å². The summed E-state index contributed by atoms with van der Waals surface area (Å²) in [7, 11) is 0. The zero-order valence-electron chi connectivity index (χ0n) is 5.79. The Bertz CT molecular complexity index is 263. The Hall–Kier alpha value is -1.02. The minimum atomic E-state index is 0.339. The van der Waals surface area contributed by atoms with Gasteiger partial charge in [0.1, 0.15) is 0 Å². The standard InChI is InChI=1S/C8H7ClO2/c9-4-1-2-7-3-5-11-8(7)6-10/h1-3,5-6H,4H2. The van der Waals surface area contributed by atoms with E-state index in [0.29, 0.717) is 17.9 Å². The molecule has 0 radical (unpaired) electrons. The number of hydrogen-bond donors (Lipinski definition) is 0. The van der Waals surface area contributed by atoms with Crippen molar-refractivity contribution in [3.8, 4) is 0 Å². The lowest BCUT2D eigenvalue weighted by molar-refractivity contribution is 0.110. The smallest absolute Gasteiger partial charge is 0.185 e. The van der Waals surface area contributed by atoms with Crippen LogP contribution in [-0.4, -0.2) is 12.2 Å². The molecule has 0 fully saturated rings. The maximum absolute atomic E-state index is 10.3. The topological polar surface area (TPSA) is 30.2 Å². The van der Waals surface area contributed by atoms with E-state index in [0.717, 1.165) is 5.56 Å². The second-order valence-corrected chi connectivity index (χ2v) is 2.22. The number of allylic oxidation sites excluding steroid dienone is 1. The summed E-state index contributed by atoms with van der Waals surface area (Å²) in [6.07, 6.45) is 5.64. The number of aldehydes is 1. The van der Waals surface area contributed by atoms with Crippen LogP contribution in [0.15, 0.2) is 22.8 Å². The molecule has 0 aromatic carbocycles. The molecule has 58 valence electrons. The molecular weight excluding hydrogens is 164 g/mol. The molecule has 0 unspecified atom stereocenters. The van der Waals surface area contributed by atoms with Crippen LogP contribution in [-0.2, 0) is 0 Å². The van der Waals surface area contributed by atoms with E-state index in [1.165, 1.54) is 6.26 Å². The van der Waals surface area contributed by atoms with Crippen LogP contribution in [0.5, 0.6) is 0 Å². The van der Waals surface area contributed by atoms with Crippen LogP contribution in [0.1, 0.15) is 16.1 Å². The molecule has 0 aliphatic heterocycles. The van der Waals surface area contributed by atoms with Crippen molar-refractivity contribution in [1.82, 2.24) is 0 Å². The number of carbonyl (C=O) groups is 1. The molecule has 1 aromatic rings. The summed E-state index contributed by atoms with van der Waals surface area (Å²) >= 11 is 5.41. The van der Waals surface area contributed by atoms with E-state index < -0.39 is 0 Å². The zero-order chi connectivity index (χ0) is 8.10. The van der Waals surface area contributed by atoms with Crippen LogP contribution in [0.3, 0.4) is 0 Å². The molecule has 0 spiro atoms. The lowest BCUT2D eigenvalue weighted by Gasteiger charge is -1.84. The van der Waals surface area contributed by atoms with Gasteiger partial charge in [-0.15, -0.1) is 11.6 Å². The van der Waals surface area contributed by atoms with Gasteiger partial charge in [0.15, 0.2) is 12.0 Å². The van der Waals surface area contributed by atoms with Gasteiger partial charge in [-0.2, -0.15) is 0 Å². The molecule has 2 nitrogen and oxygen atoms in total. The van der Waals surface area contributed by atoms with Gasteiger partial charge in [-0.1, -0.05) is 12.2 Å². The molecule has 1 rings (SSSR count). The van der Waals surface area contributed by atoms with E-state index in [1.807, 2.05) is 0 Å². The molecule has 11 heavy (non-hydrogen) atoms. The van der Waals surface area contributed by atoms with Gasteiger partial charge in [0.2, 0.25) is 0 Å². The van der Waals surface area contributed by atoms with Gasteiger partial charge in [-0.25, -0.2) is 0 Å². The molecule has 0 amide bonds. The van der Waals surface area contributed by atoms with Crippen LogP contribution < -0.4 is 0 Å². The summed E-state index contributed by atoms with van der Waals surface area (Å²) in [6, 6.07) is 1.72. The zero-order valence-corrected chi connectivity index (χ0v) is 6.54. The van der Waals surface area contributed by atoms with Gasteiger partial charge in [-0.3, -0.25) is 4.79 Å². The van der Waals surface area contributed by atoms with Crippen molar-refractivity contribution >= 4 is 24.0 Å². The fourth-order valence-electron chi connectivity index (χ4n) is 0.736. The van der Waals surface area contributed by atoms with Crippen molar-refractivity contribution in [2.75, 3.05) is 5.88 Å². The number of halogens is 1. The predicted molar refractivity (Wildman–Crippen MR) is 43.8 cm³/mol. The summed E-state index contributed by atoms with van der Waals surface area (Å²) in [5, 5.41) is 0. The Morgan fingerprint density at radius 2 is 2.45 bits per heavy atom. The number of rotatable bonds is 3. The van der Waals surface area contributed by atoms with Gasteiger partial charge in [-0.05, 0) is 6.07 Å². The van der Waals surface area contributed by atoms with E-state index in [-0.39, 0.29) is 0 Å². The second-order valence-electron chi connectivity index (χ2n) is 1.91. The van der Waals surface area contributed by atoms with Gasteiger partial charge >= 0.3 is 0 Å². The average Bonchev–Trinajstić information content (AvgIpc) is 2.47. The Labute approximate surface area is 69.5 Å². The first-order chi connectivity index (χ1) is 5.38. The summed E-state index contributed by atoms with van der Waals surface area (Å²) in [6.45, 7) is 0. The van der Waals surface area contributed by atoms with E-state index >= 15 is 0 Å². The first-order valence-electron chi connectivity index (χ1n) is 3.13. The minimum Gasteiger partial charge on any atom is -0.461 e. The molecule has 0 aliphatic rings. The van der Waals surface area contributed by atoms with Gasteiger partial charge in [0.25, 0.3) is 0 Å². The molecule has 0 N–H and O–H groups in total. The molecule has 0 bridgehead atoms. The Morgan fingerprint density at radius 1 is 1.64 bits per heavy atom. The van der Waals surface area contributed by atoms with Crippen LogP contribution in [0, 0.1) is 0 Å². The van der Waals surface area contributed by atoms with E-state index in [9.17, 15) is 4.79 Å². The van der Waals surface area contributed by atoms with Crippen molar-refractivity contribution < 1.29 is 9.21 Å². The monoisotopic (exact) mass is 170 g/mol. The summed E-state index contributed by atoms with van der Waals surface area (Å²) < 4.78 is 4.85. The Kier molecular flexibility index (Phi) is 2.93. The Balaban J connectivity index is 2.84. The fourth-order valence-corrected chi connectivity index (χ4v) is 0.825. The van der Waals surface area contributed by atoms with E-state index in [4.69, 9.17) is 16.0 Å². The highest BCUT2D eigenvalue weighted by Gasteiger charge is 1.99. The molecule has 1 aromatic heterocycles. The number of alkyl halides is 1. The number of hydrogen-bond acceptors (Lipinski definition) is 2. The lowest BCUT2D eigenvalue weighted by atomic mass is 10.2. The molecular formula is C8H7ClO2. The SMILES string of the molecule is O=Cc1occc1C=CCCl. The van der Waals surface area contributed by atoms with Gasteiger partial charge in [0.05, 0.1) is 6.26 Å². The average molecular weight is 171 g/mol. The van der Waals surface area contributed by atoms with Crippen molar-refractivity contribution in [2.45, 2.75) is 0 Å². The molecule has 0 aliphatic carbocycles. The summed E-state index contributed by atoms with van der Waals surface area (Å²) in [5.41, 5.74) is 0.764. The van der Waals surface area contributed by atoms with Crippen LogP contribution in [0.2, 0.25) is 0 Å². The quantitative estimate of drug-likeness (QED) is 0.515. The first-order valence-corrected chi connectivity index (χ1v) is 3.67. The maximum Gasteiger partial charge on any atom is 0.185 e. The number of furan rings is 1. The molecule has 0 saturated heterocycles. The lowest BCUT2D eigenvalue weighted by Crippen LogP contribution is -1.76. The Morgan fingerprint density at radius 3 is 3.09 bits per heavy atom. The first kappa shape index (κ1) is 8.08. The third-order valence-corrected chi connectivity index (χ3v) is 1.40.